The first-order chi connectivity index (χ1) is 15.5. The largest absolute Gasteiger partial charge is 0.494 e. The number of nitrogens with zero attached hydrogens (tertiary/aromatic N) is 4. The number of anilines is 1. The Labute approximate surface area is 184 Å². The van der Waals surface area contributed by atoms with Crippen LogP contribution in [0.15, 0.2) is 54.9 Å². The van der Waals surface area contributed by atoms with Gasteiger partial charge in [0.1, 0.15) is 17.1 Å². The zero-order valence-corrected chi connectivity index (χ0v) is 18.1. The summed E-state index contributed by atoms with van der Waals surface area (Å²) in [7, 11) is 5.48. The molecule has 4 aromatic rings. The molecule has 0 aliphatic carbocycles. The van der Waals surface area contributed by atoms with Crippen LogP contribution in [0.4, 0.5) is 14.6 Å². The molecule has 0 radical (unpaired) electrons. The topological polar surface area (TPSA) is 63.2 Å². The van der Waals surface area contributed by atoms with Gasteiger partial charge in [-0.1, -0.05) is 12.1 Å². The van der Waals surface area contributed by atoms with Gasteiger partial charge in [0.15, 0.2) is 17.5 Å². The zero-order valence-electron chi connectivity index (χ0n) is 18.1. The summed E-state index contributed by atoms with van der Waals surface area (Å²) in [5.41, 5.74) is 1.93. The molecule has 0 spiro atoms. The molecule has 0 amide bonds. The van der Waals surface area contributed by atoms with Gasteiger partial charge in [-0.05, 0) is 50.0 Å². The van der Waals surface area contributed by atoms with E-state index in [9.17, 15) is 8.78 Å². The lowest BCUT2D eigenvalue weighted by molar-refractivity contribution is 0.419. The van der Waals surface area contributed by atoms with Crippen molar-refractivity contribution >= 4 is 16.7 Å². The Balaban J connectivity index is 1.93. The number of hydrogen-bond donors (Lipinski definition) is 1. The van der Waals surface area contributed by atoms with Crippen molar-refractivity contribution < 1.29 is 13.5 Å². The van der Waals surface area contributed by atoms with Gasteiger partial charge in [0.25, 0.3) is 0 Å². The second-order valence-electron chi connectivity index (χ2n) is 7.54. The normalized spacial score (nSPS) is 11.2. The number of halogens is 2. The number of likely N-dealkylation sites (N-methyl/N-ethyl adjacent to an activating group) is 1. The molecule has 4 rings (SSSR count). The quantitative estimate of drug-likeness (QED) is 0.457. The predicted molar refractivity (Wildman–Crippen MR) is 122 cm³/mol. The Bertz CT molecular complexity index is 1250. The summed E-state index contributed by atoms with van der Waals surface area (Å²) in [6, 6.07) is 11.2. The molecule has 0 atom stereocenters. The molecular formula is C24H23F2N5O. The fourth-order valence-corrected chi connectivity index (χ4v) is 3.40. The number of fused-ring (bicyclic) bond motifs is 1. The first-order valence-corrected chi connectivity index (χ1v) is 10.1. The van der Waals surface area contributed by atoms with Gasteiger partial charge in [0, 0.05) is 42.0 Å². The van der Waals surface area contributed by atoms with Gasteiger partial charge in [-0.2, -0.15) is 0 Å². The third kappa shape index (κ3) is 4.36. The molecule has 2 aromatic carbocycles. The van der Waals surface area contributed by atoms with E-state index in [0.29, 0.717) is 40.4 Å². The van der Waals surface area contributed by atoms with Gasteiger partial charge in [-0.25, -0.2) is 18.7 Å². The molecule has 0 fully saturated rings. The van der Waals surface area contributed by atoms with Crippen molar-refractivity contribution in [1.82, 2.24) is 19.9 Å². The molecule has 6 nitrogen and oxygen atoms in total. The maximum atomic E-state index is 14.5. The van der Waals surface area contributed by atoms with Crippen molar-refractivity contribution in [1.29, 1.82) is 0 Å². The van der Waals surface area contributed by atoms with Crippen LogP contribution in [-0.2, 0) is 0 Å². The lowest BCUT2D eigenvalue weighted by Gasteiger charge is -2.16. The minimum absolute atomic E-state index is 0.140. The number of ether oxygens (including phenoxy) is 1. The van der Waals surface area contributed by atoms with E-state index < -0.39 is 11.6 Å². The number of rotatable bonds is 7. The highest BCUT2D eigenvalue weighted by Crippen LogP contribution is 2.36. The SMILES string of the molecule is COc1cc(-c2cccc(F)c2F)cc2c(NCCN(C)C)nc(-c3cccnc3)nc12. The van der Waals surface area contributed by atoms with Crippen LogP contribution in [0.5, 0.6) is 5.75 Å². The third-order valence-corrected chi connectivity index (χ3v) is 5.02. The van der Waals surface area contributed by atoms with Crippen LogP contribution < -0.4 is 10.1 Å². The van der Waals surface area contributed by atoms with Crippen LogP contribution in [0.1, 0.15) is 0 Å². The fraction of sp³-hybridized carbons (Fsp3) is 0.208. The van der Waals surface area contributed by atoms with E-state index in [1.54, 1.807) is 24.5 Å². The van der Waals surface area contributed by atoms with Gasteiger partial charge in [0.05, 0.1) is 7.11 Å². The van der Waals surface area contributed by atoms with Gasteiger partial charge >= 0.3 is 0 Å². The van der Waals surface area contributed by atoms with Crippen molar-refractivity contribution in [2.45, 2.75) is 0 Å². The van der Waals surface area contributed by atoms with Gasteiger partial charge < -0.3 is 15.0 Å². The lowest BCUT2D eigenvalue weighted by atomic mass is 10.0. The van der Waals surface area contributed by atoms with E-state index >= 15 is 0 Å². The first-order valence-electron chi connectivity index (χ1n) is 10.1. The fourth-order valence-electron chi connectivity index (χ4n) is 3.40. The van der Waals surface area contributed by atoms with Crippen molar-refractivity contribution in [3.05, 3.63) is 66.5 Å². The van der Waals surface area contributed by atoms with Gasteiger partial charge in [-0.15, -0.1) is 0 Å². The summed E-state index contributed by atoms with van der Waals surface area (Å²) in [5, 5.41) is 4.00. The van der Waals surface area contributed by atoms with E-state index in [0.717, 1.165) is 18.2 Å². The van der Waals surface area contributed by atoms with Crippen molar-refractivity contribution in [3.8, 4) is 28.3 Å². The minimum Gasteiger partial charge on any atom is -0.494 e. The molecule has 32 heavy (non-hydrogen) atoms. The molecule has 0 unspecified atom stereocenters. The molecule has 0 aliphatic heterocycles. The molecule has 8 heteroatoms. The van der Waals surface area contributed by atoms with Gasteiger partial charge in [-0.3, -0.25) is 4.98 Å². The smallest absolute Gasteiger partial charge is 0.166 e. The summed E-state index contributed by atoms with van der Waals surface area (Å²) in [4.78, 5) is 15.6. The number of hydrogen-bond acceptors (Lipinski definition) is 6. The average molecular weight is 435 g/mol. The average Bonchev–Trinajstić information content (AvgIpc) is 2.80. The molecular weight excluding hydrogens is 412 g/mol. The summed E-state index contributed by atoms with van der Waals surface area (Å²) >= 11 is 0. The molecule has 0 bridgehead atoms. The number of nitrogens with one attached hydrogen (secondary N) is 1. The highest BCUT2D eigenvalue weighted by atomic mass is 19.2. The van der Waals surface area contributed by atoms with Crippen molar-refractivity contribution in [3.63, 3.8) is 0 Å². The third-order valence-electron chi connectivity index (χ3n) is 5.02. The van der Waals surface area contributed by atoms with E-state index in [1.165, 1.54) is 19.2 Å². The van der Waals surface area contributed by atoms with Crippen LogP contribution in [-0.4, -0.2) is 54.1 Å². The second-order valence-corrected chi connectivity index (χ2v) is 7.54. The second kappa shape index (κ2) is 9.23. The summed E-state index contributed by atoms with van der Waals surface area (Å²) < 4.78 is 34.0. The number of pyridine rings is 1. The Hall–Kier alpha value is -3.65. The maximum absolute atomic E-state index is 14.5. The lowest BCUT2D eigenvalue weighted by Crippen LogP contribution is -2.21. The minimum atomic E-state index is -0.913. The molecule has 1 N–H and O–H groups in total. The van der Waals surface area contributed by atoms with Crippen LogP contribution in [0.2, 0.25) is 0 Å². The van der Waals surface area contributed by atoms with Gasteiger partial charge in [0.2, 0.25) is 0 Å². The predicted octanol–water partition coefficient (Wildman–Crippen LogP) is 4.62. The number of aromatic nitrogens is 3. The number of benzene rings is 2. The van der Waals surface area contributed by atoms with E-state index in [4.69, 9.17) is 14.7 Å². The Kier molecular flexibility index (Phi) is 6.23. The summed E-state index contributed by atoms with van der Waals surface area (Å²) in [6.07, 6.45) is 3.37. The number of methoxy groups -OCH3 is 1. The van der Waals surface area contributed by atoms with E-state index in [1.807, 2.05) is 31.1 Å². The van der Waals surface area contributed by atoms with E-state index in [-0.39, 0.29) is 5.56 Å². The standard InChI is InChI=1S/C24H23F2N5O/c1-31(2)11-10-28-24-18-12-16(17-7-4-8-19(25)21(17)26)13-20(32-3)22(18)29-23(30-24)15-6-5-9-27-14-15/h4-9,12-14H,10-11H2,1-3H3,(H,28,29,30). The summed E-state index contributed by atoms with van der Waals surface area (Å²) in [6.45, 7) is 1.41. The molecule has 2 aromatic heterocycles. The van der Waals surface area contributed by atoms with Crippen LogP contribution >= 0.6 is 0 Å². The van der Waals surface area contributed by atoms with Crippen molar-refractivity contribution in [2.24, 2.45) is 0 Å². The van der Waals surface area contributed by atoms with Crippen molar-refractivity contribution in [2.75, 3.05) is 39.6 Å². The Morgan fingerprint density at radius 3 is 2.59 bits per heavy atom. The zero-order chi connectivity index (χ0) is 22.7. The summed E-state index contributed by atoms with van der Waals surface area (Å²) in [5.74, 6) is -0.323. The van der Waals surface area contributed by atoms with Crippen LogP contribution in [0, 0.1) is 11.6 Å². The first kappa shape index (κ1) is 21.6. The highest BCUT2D eigenvalue weighted by molar-refractivity contribution is 5.98. The Morgan fingerprint density at radius 2 is 1.88 bits per heavy atom. The monoisotopic (exact) mass is 435 g/mol. The molecule has 0 aliphatic rings. The highest BCUT2D eigenvalue weighted by Gasteiger charge is 2.18. The molecule has 164 valence electrons. The van der Waals surface area contributed by atoms with Crippen LogP contribution in [0.3, 0.4) is 0 Å². The Morgan fingerprint density at radius 1 is 1.03 bits per heavy atom. The molecule has 2 heterocycles. The maximum Gasteiger partial charge on any atom is 0.166 e. The molecule has 0 saturated carbocycles. The molecule has 0 saturated heterocycles. The van der Waals surface area contributed by atoms with Crippen LogP contribution in [0.25, 0.3) is 33.4 Å². The van der Waals surface area contributed by atoms with E-state index in [2.05, 4.69) is 10.3 Å².